The third-order valence-electron chi connectivity index (χ3n) is 3.33. The second-order valence-electron chi connectivity index (χ2n) is 4.82. The second-order valence-corrected chi connectivity index (χ2v) is 5.63. The molecule has 0 aromatic heterocycles. The normalized spacial score (nSPS) is 18.2. The molecule has 1 heterocycles. The SMILES string of the molecule is CC1(C)C(=O)CCN1C(=O)c1ccc(Cl)c(Cl)c1. The number of hydrogen-bond donors (Lipinski definition) is 0. The third-order valence-corrected chi connectivity index (χ3v) is 4.07. The Hall–Kier alpha value is -1.06. The van der Waals surface area contributed by atoms with E-state index in [0.717, 1.165) is 0 Å². The van der Waals surface area contributed by atoms with Crippen LogP contribution in [0.5, 0.6) is 0 Å². The summed E-state index contributed by atoms with van der Waals surface area (Å²) in [7, 11) is 0. The smallest absolute Gasteiger partial charge is 0.254 e. The lowest BCUT2D eigenvalue weighted by Crippen LogP contribution is -2.46. The molecule has 0 aliphatic carbocycles. The fourth-order valence-corrected chi connectivity index (χ4v) is 2.39. The van der Waals surface area contributed by atoms with E-state index in [-0.39, 0.29) is 11.7 Å². The largest absolute Gasteiger partial charge is 0.326 e. The lowest BCUT2D eigenvalue weighted by molar-refractivity contribution is -0.123. The molecule has 1 saturated heterocycles. The van der Waals surface area contributed by atoms with Crippen molar-refractivity contribution in [1.82, 2.24) is 4.90 Å². The molecular weight excluding hydrogens is 273 g/mol. The van der Waals surface area contributed by atoms with Crippen LogP contribution in [0.3, 0.4) is 0 Å². The Balaban J connectivity index is 2.32. The molecule has 0 N–H and O–H groups in total. The van der Waals surface area contributed by atoms with Gasteiger partial charge in [-0.25, -0.2) is 0 Å². The predicted molar refractivity (Wildman–Crippen MR) is 71.2 cm³/mol. The van der Waals surface area contributed by atoms with E-state index < -0.39 is 5.54 Å². The summed E-state index contributed by atoms with van der Waals surface area (Å²) in [4.78, 5) is 25.6. The summed E-state index contributed by atoms with van der Waals surface area (Å²) in [5.74, 6) is -0.111. The maximum Gasteiger partial charge on any atom is 0.254 e. The topological polar surface area (TPSA) is 37.4 Å². The van der Waals surface area contributed by atoms with Crippen molar-refractivity contribution in [2.75, 3.05) is 6.54 Å². The fraction of sp³-hybridized carbons (Fsp3) is 0.385. The zero-order valence-corrected chi connectivity index (χ0v) is 11.7. The molecule has 1 aromatic carbocycles. The number of Topliss-reactive ketones (excluding diaryl/α,β-unsaturated/α-hetero) is 1. The standard InChI is InChI=1S/C13H13Cl2NO2/c1-13(2)11(17)5-6-16(13)12(18)8-3-4-9(14)10(15)7-8/h3-4,7H,5-6H2,1-2H3. The van der Waals surface area contributed by atoms with E-state index in [0.29, 0.717) is 28.6 Å². The highest BCUT2D eigenvalue weighted by Gasteiger charge is 2.42. The molecule has 0 spiro atoms. The quantitative estimate of drug-likeness (QED) is 0.795. The summed E-state index contributed by atoms with van der Waals surface area (Å²) in [5.41, 5.74) is -0.296. The molecule has 0 unspecified atom stereocenters. The van der Waals surface area contributed by atoms with Gasteiger partial charge in [-0.2, -0.15) is 0 Å². The molecule has 1 fully saturated rings. The number of carbonyl (C=O) groups excluding carboxylic acids is 2. The van der Waals surface area contributed by atoms with Gasteiger partial charge in [0.25, 0.3) is 5.91 Å². The van der Waals surface area contributed by atoms with Crippen LogP contribution in [0.15, 0.2) is 18.2 Å². The van der Waals surface area contributed by atoms with Crippen LogP contribution >= 0.6 is 23.2 Å². The van der Waals surface area contributed by atoms with Crippen molar-refractivity contribution in [1.29, 1.82) is 0 Å². The molecule has 1 aliphatic rings. The Kier molecular flexibility index (Phi) is 3.39. The molecule has 0 radical (unpaired) electrons. The first-order valence-electron chi connectivity index (χ1n) is 5.64. The minimum absolute atomic E-state index is 0.0795. The minimum atomic E-state index is -0.747. The van der Waals surface area contributed by atoms with Crippen molar-refractivity contribution in [2.45, 2.75) is 25.8 Å². The Morgan fingerprint density at radius 1 is 1.28 bits per heavy atom. The Bertz CT molecular complexity index is 526. The number of rotatable bonds is 1. The highest BCUT2D eigenvalue weighted by molar-refractivity contribution is 6.42. The van der Waals surface area contributed by atoms with E-state index in [9.17, 15) is 9.59 Å². The number of benzene rings is 1. The molecule has 0 bridgehead atoms. The van der Waals surface area contributed by atoms with Gasteiger partial charge < -0.3 is 4.90 Å². The van der Waals surface area contributed by atoms with E-state index in [1.54, 1.807) is 30.9 Å². The zero-order chi connectivity index (χ0) is 13.5. The van der Waals surface area contributed by atoms with E-state index in [1.165, 1.54) is 6.07 Å². The first kappa shape index (κ1) is 13.4. The lowest BCUT2D eigenvalue weighted by atomic mass is 10.00. The zero-order valence-electron chi connectivity index (χ0n) is 10.2. The van der Waals surface area contributed by atoms with E-state index in [2.05, 4.69) is 0 Å². The Morgan fingerprint density at radius 2 is 1.94 bits per heavy atom. The first-order chi connectivity index (χ1) is 8.34. The maximum atomic E-state index is 12.3. The van der Waals surface area contributed by atoms with Crippen LogP contribution in [0.4, 0.5) is 0 Å². The summed E-state index contributed by atoms with van der Waals surface area (Å²) < 4.78 is 0. The monoisotopic (exact) mass is 285 g/mol. The summed E-state index contributed by atoms with van der Waals surface area (Å²) >= 11 is 11.7. The van der Waals surface area contributed by atoms with Crippen LogP contribution in [0.1, 0.15) is 30.6 Å². The highest BCUT2D eigenvalue weighted by atomic mass is 35.5. The lowest BCUT2D eigenvalue weighted by Gasteiger charge is -2.30. The number of hydrogen-bond acceptors (Lipinski definition) is 2. The molecule has 1 amide bonds. The first-order valence-corrected chi connectivity index (χ1v) is 6.40. The Labute approximate surface area is 116 Å². The van der Waals surface area contributed by atoms with E-state index in [4.69, 9.17) is 23.2 Å². The van der Waals surface area contributed by atoms with Crippen molar-refractivity contribution in [2.24, 2.45) is 0 Å². The fourth-order valence-electron chi connectivity index (χ4n) is 2.09. The highest BCUT2D eigenvalue weighted by Crippen LogP contribution is 2.29. The van der Waals surface area contributed by atoms with E-state index >= 15 is 0 Å². The number of amides is 1. The van der Waals surface area contributed by atoms with Gasteiger partial charge in [0.2, 0.25) is 0 Å². The number of nitrogens with zero attached hydrogens (tertiary/aromatic N) is 1. The summed E-state index contributed by atoms with van der Waals surface area (Å²) in [6, 6.07) is 4.74. The number of ketones is 1. The molecule has 0 saturated carbocycles. The molecule has 1 aliphatic heterocycles. The van der Waals surface area contributed by atoms with Crippen molar-refractivity contribution in [3.8, 4) is 0 Å². The van der Waals surface area contributed by atoms with Gasteiger partial charge in [0, 0.05) is 18.5 Å². The van der Waals surface area contributed by atoms with Gasteiger partial charge in [-0.3, -0.25) is 9.59 Å². The Morgan fingerprint density at radius 3 is 2.44 bits per heavy atom. The third kappa shape index (κ3) is 2.13. The van der Waals surface area contributed by atoms with Gasteiger partial charge in [0.05, 0.1) is 15.6 Å². The summed E-state index contributed by atoms with van der Waals surface area (Å²) in [6.45, 7) is 3.97. The molecule has 0 atom stereocenters. The van der Waals surface area contributed by atoms with Gasteiger partial charge in [-0.05, 0) is 32.0 Å². The minimum Gasteiger partial charge on any atom is -0.326 e. The van der Waals surface area contributed by atoms with E-state index in [1.807, 2.05) is 0 Å². The number of likely N-dealkylation sites (tertiary alicyclic amines) is 1. The van der Waals surface area contributed by atoms with Crippen LogP contribution < -0.4 is 0 Å². The average molecular weight is 286 g/mol. The number of halogens is 2. The van der Waals surface area contributed by atoms with Crippen LogP contribution in [-0.2, 0) is 4.79 Å². The van der Waals surface area contributed by atoms with Crippen molar-refractivity contribution < 1.29 is 9.59 Å². The van der Waals surface area contributed by atoms with Crippen molar-refractivity contribution >= 4 is 34.9 Å². The van der Waals surface area contributed by atoms with Gasteiger partial charge >= 0.3 is 0 Å². The molecule has 96 valence electrons. The van der Waals surface area contributed by atoms with Gasteiger partial charge in [0.1, 0.15) is 0 Å². The number of carbonyl (C=O) groups is 2. The summed E-state index contributed by atoms with van der Waals surface area (Å²) in [6.07, 6.45) is 0.403. The van der Waals surface area contributed by atoms with Crippen LogP contribution in [-0.4, -0.2) is 28.7 Å². The van der Waals surface area contributed by atoms with Crippen molar-refractivity contribution in [3.05, 3.63) is 33.8 Å². The van der Waals surface area contributed by atoms with Gasteiger partial charge in [0.15, 0.2) is 5.78 Å². The van der Waals surface area contributed by atoms with Gasteiger partial charge in [-0.1, -0.05) is 23.2 Å². The molecule has 2 rings (SSSR count). The maximum absolute atomic E-state index is 12.3. The molecule has 5 heteroatoms. The summed E-state index contributed by atoms with van der Waals surface area (Å²) in [5, 5.41) is 0.746. The van der Waals surface area contributed by atoms with Gasteiger partial charge in [-0.15, -0.1) is 0 Å². The predicted octanol–water partition coefficient (Wildman–Crippen LogP) is 3.19. The molecule has 18 heavy (non-hydrogen) atoms. The molecule has 3 nitrogen and oxygen atoms in total. The van der Waals surface area contributed by atoms with Crippen LogP contribution in [0.25, 0.3) is 0 Å². The average Bonchev–Trinajstić information content (AvgIpc) is 2.57. The van der Waals surface area contributed by atoms with Crippen molar-refractivity contribution in [3.63, 3.8) is 0 Å². The second kappa shape index (κ2) is 4.56. The molecular formula is C13H13Cl2NO2. The van der Waals surface area contributed by atoms with Crippen LogP contribution in [0, 0.1) is 0 Å². The molecule has 1 aromatic rings. The van der Waals surface area contributed by atoms with Crippen LogP contribution in [0.2, 0.25) is 10.0 Å².